The van der Waals surface area contributed by atoms with Crippen molar-refractivity contribution in [1.29, 1.82) is 0 Å². The van der Waals surface area contributed by atoms with Gasteiger partial charge < -0.3 is 34.5 Å². The topological polar surface area (TPSA) is 162 Å². The summed E-state index contributed by atoms with van der Waals surface area (Å²) in [6, 6.07) is 7.26. The molecule has 0 spiro atoms. The molecular weight excluding hydrogens is 559 g/mol. The molecule has 2 aromatic rings. The van der Waals surface area contributed by atoms with Gasteiger partial charge in [0, 0.05) is 17.0 Å². The van der Waals surface area contributed by atoms with E-state index in [2.05, 4.69) is 32.2 Å². The van der Waals surface area contributed by atoms with Gasteiger partial charge in [0.1, 0.15) is 23.2 Å². The average Bonchev–Trinajstić information content (AvgIpc) is 3.86. The third kappa shape index (κ3) is 5.59. The third-order valence-corrected chi connectivity index (χ3v) is 9.17. The summed E-state index contributed by atoms with van der Waals surface area (Å²) in [5.41, 5.74) is 6.05. The lowest BCUT2D eigenvalue weighted by atomic mass is 10.1. The molecule has 3 heterocycles. The van der Waals surface area contributed by atoms with E-state index < -0.39 is 14.1 Å². The second-order valence-electron chi connectivity index (χ2n) is 10.7. The molecule has 4 aliphatic rings. The van der Waals surface area contributed by atoms with Crippen LogP contribution in [0.15, 0.2) is 24.3 Å². The third-order valence-electron chi connectivity index (χ3n) is 7.54. The van der Waals surface area contributed by atoms with Crippen LogP contribution in [0.25, 0.3) is 0 Å². The van der Waals surface area contributed by atoms with Crippen molar-refractivity contribution in [3.63, 3.8) is 0 Å². The number of nitrogens with zero attached hydrogens (tertiary/aromatic N) is 4. The number of esters is 1. The minimum absolute atomic E-state index is 0.166. The van der Waals surface area contributed by atoms with Gasteiger partial charge in [0.15, 0.2) is 11.6 Å². The molecule has 6 rings (SSSR count). The van der Waals surface area contributed by atoms with Crippen molar-refractivity contribution in [3.8, 4) is 5.75 Å². The number of fused-ring (bicyclic) bond motifs is 1. The lowest BCUT2D eigenvalue weighted by Crippen LogP contribution is -2.39. The van der Waals surface area contributed by atoms with Crippen LogP contribution in [0.5, 0.6) is 5.75 Å². The number of benzene rings is 1. The SMILES string of the molecule is COC(=O)C1(NP(OCC2CC(C)C(N3CNc4c(N(N)C5CC5)nc(N)nc43)O2)Oc2ccc(Cl)cc2)CC1. The Morgan fingerprint density at radius 1 is 1.32 bits per heavy atom. The zero-order valence-electron chi connectivity index (χ0n) is 22.4. The maximum absolute atomic E-state index is 12.4. The number of ether oxygens (including phenoxy) is 2. The Labute approximate surface area is 238 Å². The number of hydrogen-bond acceptors (Lipinski definition) is 13. The Bertz CT molecular complexity index is 1250. The molecule has 2 saturated carbocycles. The van der Waals surface area contributed by atoms with Gasteiger partial charge in [0.2, 0.25) is 5.95 Å². The quantitative estimate of drug-likeness (QED) is 0.130. The Morgan fingerprint density at radius 3 is 2.75 bits per heavy atom. The smallest absolute Gasteiger partial charge is 0.326 e. The zero-order chi connectivity index (χ0) is 28.0. The summed E-state index contributed by atoms with van der Waals surface area (Å²) in [5.74, 6) is 8.21. The molecule has 0 amide bonds. The van der Waals surface area contributed by atoms with E-state index in [9.17, 15) is 4.79 Å². The Hall–Kier alpha value is -2.67. The van der Waals surface area contributed by atoms with Crippen LogP contribution in [0.3, 0.4) is 0 Å². The number of hydrogen-bond donors (Lipinski definition) is 4. The predicted molar refractivity (Wildman–Crippen MR) is 152 cm³/mol. The van der Waals surface area contributed by atoms with Gasteiger partial charge in [-0.25, -0.2) is 10.9 Å². The minimum Gasteiger partial charge on any atom is -0.468 e. The first-order chi connectivity index (χ1) is 19.3. The van der Waals surface area contributed by atoms with E-state index in [1.54, 1.807) is 29.3 Å². The van der Waals surface area contributed by atoms with Crippen LogP contribution < -0.4 is 36.4 Å². The summed E-state index contributed by atoms with van der Waals surface area (Å²) < 4.78 is 23.8. The summed E-state index contributed by atoms with van der Waals surface area (Å²) in [5, 5.41) is 8.92. The minimum atomic E-state index is -1.68. The van der Waals surface area contributed by atoms with Gasteiger partial charge in [-0.15, -0.1) is 0 Å². The highest BCUT2D eigenvalue weighted by molar-refractivity contribution is 7.45. The van der Waals surface area contributed by atoms with E-state index in [1.807, 2.05) is 0 Å². The van der Waals surface area contributed by atoms with E-state index in [-0.39, 0.29) is 42.8 Å². The summed E-state index contributed by atoms with van der Waals surface area (Å²) in [6.45, 7) is 2.90. The Balaban J connectivity index is 1.13. The number of methoxy groups -OCH3 is 1. The van der Waals surface area contributed by atoms with Crippen LogP contribution >= 0.6 is 20.1 Å². The molecule has 6 N–H and O–H groups in total. The number of nitrogens with two attached hydrogens (primary N) is 2. The summed E-state index contributed by atoms with van der Waals surface area (Å²) in [7, 11) is -0.300. The zero-order valence-corrected chi connectivity index (χ0v) is 24.0. The highest BCUT2D eigenvalue weighted by Gasteiger charge is 2.54. The van der Waals surface area contributed by atoms with Gasteiger partial charge >= 0.3 is 14.5 Å². The standard InChI is InChI=1S/C25H34ClN8O5P/c1-14-11-18(12-37-40(32-25(9-10-25)23(35)36-2)39-17-7-3-15(26)4-8-17)38-22(14)33-13-29-19-20(33)30-24(27)31-21(19)34(28)16-5-6-16/h3-4,7-8,14,16,18,22,29,32H,5-6,9-13,28H2,1-2H3,(H2,27,30,31). The summed E-state index contributed by atoms with van der Waals surface area (Å²) >= 11 is 6.03. The summed E-state index contributed by atoms with van der Waals surface area (Å²) in [4.78, 5) is 23.4. The van der Waals surface area contributed by atoms with E-state index in [0.29, 0.717) is 41.9 Å². The number of carbonyl (C=O) groups excluding carboxylic acids is 1. The fourth-order valence-corrected chi connectivity index (χ4v) is 6.64. The molecule has 4 atom stereocenters. The first kappa shape index (κ1) is 27.5. The molecule has 2 aliphatic heterocycles. The molecule has 3 fully saturated rings. The van der Waals surface area contributed by atoms with E-state index in [4.69, 9.17) is 41.7 Å². The van der Waals surface area contributed by atoms with Crippen molar-refractivity contribution >= 4 is 49.4 Å². The number of anilines is 4. The van der Waals surface area contributed by atoms with Crippen molar-refractivity contribution in [2.75, 3.05) is 41.3 Å². The van der Waals surface area contributed by atoms with Gasteiger partial charge in [-0.05, 0) is 56.4 Å². The van der Waals surface area contributed by atoms with Crippen LogP contribution in [-0.4, -0.2) is 60.2 Å². The monoisotopic (exact) mass is 592 g/mol. The number of carbonyl (C=O) groups is 1. The lowest BCUT2D eigenvalue weighted by Gasteiger charge is -2.28. The van der Waals surface area contributed by atoms with E-state index in [1.165, 1.54) is 7.11 Å². The van der Waals surface area contributed by atoms with Gasteiger partial charge in [0.05, 0.1) is 26.5 Å². The molecule has 1 saturated heterocycles. The highest BCUT2D eigenvalue weighted by Crippen LogP contribution is 2.48. The van der Waals surface area contributed by atoms with E-state index in [0.717, 1.165) is 24.9 Å². The molecule has 13 nitrogen and oxygen atoms in total. The van der Waals surface area contributed by atoms with Crippen LogP contribution in [0, 0.1) is 5.92 Å². The fraction of sp³-hybridized carbons (Fsp3) is 0.560. The number of hydrazine groups is 1. The summed E-state index contributed by atoms with van der Waals surface area (Å²) in [6.07, 6.45) is 3.68. The van der Waals surface area contributed by atoms with Crippen LogP contribution in [0.1, 0.15) is 39.0 Å². The molecule has 2 aliphatic carbocycles. The second-order valence-corrected chi connectivity index (χ2v) is 12.3. The van der Waals surface area contributed by atoms with E-state index >= 15 is 0 Å². The van der Waals surface area contributed by atoms with Crippen molar-refractivity contribution < 1.29 is 23.3 Å². The fourth-order valence-electron chi connectivity index (χ4n) is 5.07. The van der Waals surface area contributed by atoms with Gasteiger partial charge in [-0.2, -0.15) is 9.97 Å². The first-order valence-corrected chi connectivity index (χ1v) is 14.9. The van der Waals surface area contributed by atoms with Crippen molar-refractivity contribution in [1.82, 2.24) is 15.1 Å². The molecule has 1 aromatic heterocycles. The highest BCUT2D eigenvalue weighted by atomic mass is 35.5. The van der Waals surface area contributed by atoms with Gasteiger partial charge in [-0.1, -0.05) is 18.5 Å². The number of nitrogens with one attached hydrogen (secondary N) is 2. The maximum Gasteiger partial charge on any atom is 0.326 e. The van der Waals surface area contributed by atoms with Crippen molar-refractivity contribution in [2.45, 2.75) is 62.9 Å². The predicted octanol–water partition coefficient (Wildman–Crippen LogP) is 3.11. The lowest BCUT2D eigenvalue weighted by molar-refractivity contribution is -0.143. The van der Waals surface area contributed by atoms with Crippen LogP contribution in [-0.2, 0) is 18.8 Å². The normalized spacial score (nSPS) is 25.2. The number of nitrogen functional groups attached to an aromatic ring is 1. The molecule has 216 valence electrons. The van der Waals surface area contributed by atoms with Crippen molar-refractivity contribution in [2.24, 2.45) is 11.8 Å². The molecule has 4 unspecified atom stereocenters. The molecular formula is C25H34ClN8O5P. The molecule has 1 aromatic carbocycles. The molecule has 15 heteroatoms. The van der Waals surface area contributed by atoms with Crippen LogP contribution in [0.2, 0.25) is 5.02 Å². The Kier molecular flexibility index (Phi) is 7.53. The first-order valence-electron chi connectivity index (χ1n) is 13.4. The number of aromatic nitrogens is 2. The molecule has 0 bridgehead atoms. The maximum atomic E-state index is 12.4. The van der Waals surface area contributed by atoms with Gasteiger partial charge in [0.25, 0.3) is 0 Å². The molecule has 40 heavy (non-hydrogen) atoms. The van der Waals surface area contributed by atoms with Crippen molar-refractivity contribution in [3.05, 3.63) is 29.3 Å². The average molecular weight is 593 g/mol. The Morgan fingerprint density at radius 2 is 2.08 bits per heavy atom. The number of halogens is 1. The largest absolute Gasteiger partial charge is 0.468 e. The second kappa shape index (κ2) is 11.0. The molecule has 0 radical (unpaired) electrons. The van der Waals surface area contributed by atoms with Gasteiger partial charge in [-0.3, -0.25) is 9.80 Å². The number of rotatable bonds is 11. The van der Waals surface area contributed by atoms with Crippen LogP contribution in [0.4, 0.5) is 23.3 Å².